The summed E-state index contributed by atoms with van der Waals surface area (Å²) in [5, 5.41) is 16.4. The fourth-order valence-electron chi connectivity index (χ4n) is 2.34. The molecule has 1 fully saturated rings. The maximum absolute atomic E-state index is 12.5. The van der Waals surface area contributed by atoms with Gasteiger partial charge in [-0.1, -0.05) is 30.8 Å². The van der Waals surface area contributed by atoms with Gasteiger partial charge in [0.05, 0.1) is 22.0 Å². The number of carbonyl (C=O) groups excluding carboxylic acids is 1. The molecule has 0 aromatic heterocycles. The lowest BCUT2D eigenvalue weighted by Gasteiger charge is -2.14. The summed E-state index contributed by atoms with van der Waals surface area (Å²) in [5.74, 6) is -0.370. The summed E-state index contributed by atoms with van der Waals surface area (Å²) in [7, 11) is 0. The summed E-state index contributed by atoms with van der Waals surface area (Å²) in [6.07, 6.45) is 0. The summed E-state index contributed by atoms with van der Waals surface area (Å²) < 4.78 is 0. The number of hydrazone groups is 1. The first-order valence-corrected chi connectivity index (χ1v) is 7.41. The lowest BCUT2D eigenvalue weighted by molar-refractivity contribution is -0.385. The largest absolute Gasteiger partial charge is 0.299 e. The number of para-hydroxylation sites is 1. The number of nitrogens with one attached hydrogen (secondary N) is 2. The zero-order chi connectivity index (χ0) is 18.0. The van der Waals surface area contributed by atoms with Gasteiger partial charge in [0.15, 0.2) is 5.71 Å². The summed E-state index contributed by atoms with van der Waals surface area (Å²) >= 11 is 0. The molecule has 0 aliphatic carbocycles. The molecule has 8 nitrogen and oxygen atoms in total. The van der Waals surface area contributed by atoms with E-state index in [1.807, 2.05) is 18.2 Å². The first-order chi connectivity index (χ1) is 12.0. The molecular weight excluding hydrogens is 322 g/mol. The number of nitrogens with zero attached hydrogens (tertiary/aromatic N) is 3. The number of rotatable bonds is 4. The lowest BCUT2D eigenvalue weighted by Crippen LogP contribution is -2.34. The van der Waals surface area contributed by atoms with Crippen molar-refractivity contribution in [3.05, 3.63) is 76.5 Å². The smallest absolute Gasteiger partial charge is 0.289 e. The van der Waals surface area contributed by atoms with Crippen LogP contribution in [0, 0.1) is 17.0 Å². The van der Waals surface area contributed by atoms with Crippen molar-refractivity contribution in [1.82, 2.24) is 5.43 Å². The molecule has 1 heterocycles. The van der Waals surface area contributed by atoms with Crippen molar-refractivity contribution in [2.75, 3.05) is 10.4 Å². The van der Waals surface area contributed by atoms with Gasteiger partial charge in [0.2, 0.25) is 0 Å². The number of carbonyl (C=O) groups is 1. The van der Waals surface area contributed by atoms with Crippen molar-refractivity contribution in [3.63, 3.8) is 0 Å². The van der Waals surface area contributed by atoms with E-state index < -0.39 is 4.92 Å². The van der Waals surface area contributed by atoms with Crippen molar-refractivity contribution in [3.8, 4) is 0 Å². The maximum atomic E-state index is 12.5. The first-order valence-electron chi connectivity index (χ1n) is 7.41. The summed E-state index contributed by atoms with van der Waals surface area (Å²) in [4.78, 5) is 23.0. The highest BCUT2D eigenvalue weighted by Gasteiger charge is 2.32. The molecule has 0 spiro atoms. The zero-order valence-corrected chi connectivity index (χ0v) is 13.4. The number of hydrogen-bond donors (Lipinski definition) is 2. The van der Waals surface area contributed by atoms with Gasteiger partial charge in [-0.05, 0) is 25.1 Å². The summed E-state index contributed by atoms with van der Waals surface area (Å²) in [6.45, 7) is 5.43. The van der Waals surface area contributed by atoms with Crippen molar-refractivity contribution in [1.29, 1.82) is 0 Å². The van der Waals surface area contributed by atoms with Gasteiger partial charge in [-0.15, -0.1) is 0 Å². The van der Waals surface area contributed by atoms with Gasteiger partial charge in [-0.25, -0.2) is 5.01 Å². The zero-order valence-electron chi connectivity index (χ0n) is 13.4. The van der Waals surface area contributed by atoms with E-state index in [0.29, 0.717) is 22.6 Å². The average Bonchev–Trinajstić information content (AvgIpc) is 2.89. The Balaban J connectivity index is 1.82. The molecule has 0 bridgehead atoms. The minimum atomic E-state index is -0.466. The van der Waals surface area contributed by atoms with E-state index in [1.54, 1.807) is 31.2 Å². The van der Waals surface area contributed by atoms with Crippen LogP contribution >= 0.6 is 0 Å². The number of amides is 1. The third kappa shape index (κ3) is 3.18. The van der Waals surface area contributed by atoms with Crippen LogP contribution in [-0.2, 0) is 4.79 Å². The standard InChI is InChI=1S/C17H15N5O3/c1-11-8-9-13(10-15(11)22(24)25)18-19-16-12(2)20-21(17(16)23)14-6-4-3-5-7-14/h3-10,18,20H,2H2,1H3. The number of hydrazine groups is 1. The van der Waals surface area contributed by atoms with Crippen LogP contribution in [-0.4, -0.2) is 16.5 Å². The predicted octanol–water partition coefficient (Wildman–Crippen LogP) is 2.74. The molecular formula is C17H15N5O3. The fourth-order valence-corrected chi connectivity index (χ4v) is 2.34. The van der Waals surface area contributed by atoms with Crippen LogP contribution in [0.25, 0.3) is 0 Å². The van der Waals surface area contributed by atoms with Gasteiger partial charge >= 0.3 is 0 Å². The minimum absolute atomic E-state index is 0.0224. The minimum Gasteiger partial charge on any atom is -0.289 e. The van der Waals surface area contributed by atoms with Crippen molar-refractivity contribution >= 4 is 28.7 Å². The molecule has 3 rings (SSSR count). The molecule has 25 heavy (non-hydrogen) atoms. The Hall–Kier alpha value is -3.68. The van der Waals surface area contributed by atoms with E-state index in [4.69, 9.17) is 0 Å². The number of benzene rings is 2. The number of anilines is 2. The molecule has 1 aliphatic heterocycles. The molecule has 1 aliphatic rings. The number of aryl methyl sites for hydroxylation is 1. The van der Waals surface area contributed by atoms with Crippen LogP contribution in [0.2, 0.25) is 0 Å². The third-order valence-electron chi connectivity index (χ3n) is 3.66. The second-order valence-corrected chi connectivity index (χ2v) is 5.40. The highest BCUT2D eigenvalue weighted by Crippen LogP contribution is 2.23. The van der Waals surface area contributed by atoms with Crippen LogP contribution in [0.1, 0.15) is 5.56 Å². The molecule has 0 unspecified atom stereocenters. The molecule has 126 valence electrons. The molecule has 0 atom stereocenters. The van der Waals surface area contributed by atoms with Gasteiger partial charge in [-0.2, -0.15) is 5.10 Å². The maximum Gasteiger partial charge on any atom is 0.299 e. The molecule has 2 aromatic carbocycles. The number of hydrogen-bond acceptors (Lipinski definition) is 6. The average molecular weight is 337 g/mol. The number of nitro groups is 1. The Morgan fingerprint density at radius 1 is 1.24 bits per heavy atom. The highest BCUT2D eigenvalue weighted by molar-refractivity contribution is 6.51. The molecule has 2 N–H and O–H groups in total. The van der Waals surface area contributed by atoms with Gasteiger partial charge < -0.3 is 0 Å². The van der Waals surface area contributed by atoms with Crippen LogP contribution in [0.15, 0.2) is 65.9 Å². The van der Waals surface area contributed by atoms with Gasteiger partial charge in [-0.3, -0.25) is 25.8 Å². The molecule has 0 radical (unpaired) electrons. The van der Waals surface area contributed by atoms with Crippen molar-refractivity contribution in [2.24, 2.45) is 5.10 Å². The van der Waals surface area contributed by atoms with E-state index in [2.05, 4.69) is 22.5 Å². The van der Waals surface area contributed by atoms with Crippen LogP contribution in [0.4, 0.5) is 17.1 Å². The predicted molar refractivity (Wildman–Crippen MR) is 95.1 cm³/mol. The summed E-state index contributed by atoms with van der Waals surface area (Å²) in [5.41, 5.74) is 7.56. The van der Waals surface area contributed by atoms with Crippen molar-refractivity contribution < 1.29 is 9.72 Å². The Bertz CT molecular complexity index is 892. The van der Waals surface area contributed by atoms with E-state index in [0.717, 1.165) is 0 Å². The van der Waals surface area contributed by atoms with Gasteiger partial charge in [0, 0.05) is 11.6 Å². The molecule has 1 amide bonds. The Morgan fingerprint density at radius 3 is 2.64 bits per heavy atom. The molecule has 2 aromatic rings. The van der Waals surface area contributed by atoms with Crippen molar-refractivity contribution in [2.45, 2.75) is 6.92 Å². The molecule has 0 saturated carbocycles. The Labute approximate surface area is 143 Å². The summed E-state index contributed by atoms with van der Waals surface area (Å²) in [6, 6.07) is 13.6. The van der Waals surface area contributed by atoms with E-state index in [9.17, 15) is 14.9 Å². The van der Waals surface area contributed by atoms with Gasteiger partial charge in [0.1, 0.15) is 0 Å². The lowest BCUT2D eigenvalue weighted by atomic mass is 10.2. The SMILES string of the molecule is C=C1NN(c2ccccc2)C(=O)C1=NNc1ccc(C)c([N+](=O)[O-])c1. The Morgan fingerprint density at radius 2 is 1.96 bits per heavy atom. The van der Waals surface area contributed by atoms with Crippen LogP contribution in [0.5, 0.6) is 0 Å². The van der Waals surface area contributed by atoms with E-state index in [1.165, 1.54) is 11.1 Å². The normalized spacial score (nSPS) is 15.4. The van der Waals surface area contributed by atoms with Gasteiger partial charge in [0.25, 0.3) is 11.6 Å². The monoisotopic (exact) mass is 337 g/mol. The second-order valence-electron chi connectivity index (χ2n) is 5.40. The number of nitro benzene ring substituents is 1. The quantitative estimate of drug-likeness (QED) is 0.660. The fraction of sp³-hybridized carbons (Fsp3) is 0.0588. The van der Waals surface area contributed by atoms with E-state index in [-0.39, 0.29) is 17.3 Å². The second kappa shape index (κ2) is 6.44. The highest BCUT2D eigenvalue weighted by atomic mass is 16.6. The Kier molecular flexibility index (Phi) is 4.17. The molecule has 8 heteroatoms. The van der Waals surface area contributed by atoms with Crippen LogP contribution < -0.4 is 15.9 Å². The van der Waals surface area contributed by atoms with Crippen LogP contribution in [0.3, 0.4) is 0 Å². The molecule has 1 saturated heterocycles. The topological polar surface area (TPSA) is 99.9 Å². The third-order valence-corrected chi connectivity index (χ3v) is 3.66. The first kappa shape index (κ1) is 16.2. The van der Waals surface area contributed by atoms with E-state index >= 15 is 0 Å².